The van der Waals surface area contributed by atoms with Gasteiger partial charge in [-0.05, 0) is 55.3 Å². The van der Waals surface area contributed by atoms with Crippen LogP contribution in [0.1, 0.15) is 24.0 Å². The number of nitrogens with zero attached hydrogens (tertiary/aromatic N) is 2. The summed E-state index contributed by atoms with van der Waals surface area (Å²) in [4.78, 5) is 30.9. The molecular weight excluding hydrogens is 356 g/mol. The number of hydrogen-bond acceptors (Lipinski definition) is 3. The molecule has 0 spiro atoms. The minimum Gasteiger partial charge on any atom is -0.311 e. The molecule has 0 unspecified atom stereocenters. The molecule has 0 radical (unpaired) electrons. The Bertz CT molecular complexity index is 896. The van der Waals surface area contributed by atoms with Crippen LogP contribution in [-0.2, 0) is 9.59 Å². The smallest absolute Gasteiger partial charge is 0.232 e. The third-order valence-corrected chi connectivity index (χ3v) is 6.70. The summed E-state index contributed by atoms with van der Waals surface area (Å²) in [6.45, 7) is 5.27. The predicted molar refractivity (Wildman–Crippen MR) is 111 cm³/mol. The van der Waals surface area contributed by atoms with Gasteiger partial charge in [-0.25, -0.2) is 0 Å². The molecule has 0 aromatic heterocycles. The molecule has 2 aromatic carbocycles. The highest BCUT2D eigenvalue weighted by atomic mass is 32.2. The molecule has 27 heavy (non-hydrogen) atoms. The SMILES string of the molecule is Cc1cccc(N2C[C@@H](C(=O)N3CCCSc4ccccc43)CC2=O)c1C. The summed E-state index contributed by atoms with van der Waals surface area (Å²) in [5.41, 5.74) is 4.19. The van der Waals surface area contributed by atoms with Crippen LogP contribution in [0.15, 0.2) is 47.4 Å². The molecule has 2 aromatic rings. The van der Waals surface area contributed by atoms with E-state index in [0.29, 0.717) is 6.54 Å². The Hall–Kier alpha value is -2.27. The van der Waals surface area contributed by atoms with E-state index in [1.807, 2.05) is 55.1 Å². The van der Waals surface area contributed by atoms with E-state index in [1.54, 1.807) is 16.7 Å². The van der Waals surface area contributed by atoms with Gasteiger partial charge in [-0.15, -0.1) is 11.8 Å². The van der Waals surface area contributed by atoms with Crippen LogP contribution in [0.4, 0.5) is 11.4 Å². The lowest BCUT2D eigenvalue weighted by molar-refractivity contribution is -0.124. The maximum atomic E-state index is 13.3. The van der Waals surface area contributed by atoms with Crippen molar-refractivity contribution in [2.24, 2.45) is 5.92 Å². The van der Waals surface area contributed by atoms with Crippen molar-refractivity contribution in [1.29, 1.82) is 0 Å². The predicted octanol–water partition coefficient (Wildman–Crippen LogP) is 4.19. The van der Waals surface area contributed by atoms with Gasteiger partial charge in [-0.1, -0.05) is 24.3 Å². The molecule has 140 valence electrons. The second-order valence-corrected chi connectivity index (χ2v) is 8.42. The molecule has 5 heteroatoms. The Morgan fingerprint density at radius 2 is 1.85 bits per heavy atom. The number of carbonyl (C=O) groups excluding carboxylic acids is 2. The number of fused-ring (bicyclic) bond motifs is 1. The lowest BCUT2D eigenvalue weighted by Crippen LogP contribution is -2.38. The molecule has 2 heterocycles. The molecule has 0 N–H and O–H groups in total. The molecule has 4 nitrogen and oxygen atoms in total. The lowest BCUT2D eigenvalue weighted by Gasteiger charge is -2.26. The Labute approximate surface area is 164 Å². The Balaban J connectivity index is 1.59. The fourth-order valence-electron chi connectivity index (χ4n) is 3.91. The first-order valence-corrected chi connectivity index (χ1v) is 10.4. The average molecular weight is 381 g/mol. The first kappa shape index (κ1) is 18.1. The van der Waals surface area contributed by atoms with Crippen LogP contribution >= 0.6 is 11.8 Å². The highest BCUT2D eigenvalue weighted by molar-refractivity contribution is 7.99. The van der Waals surface area contributed by atoms with E-state index >= 15 is 0 Å². The quantitative estimate of drug-likeness (QED) is 0.785. The highest BCUT2D eigenvalue weighted by Gasteiger charge is 2.38. The zero-order valence-electron chi connectivity index (χ0n) is 15.8. The summed E-state index contributed by atoms with van der Waals surface area (Å²) in [6, 6.07) is 14.1. The minimum atomic E-state index is -0.284. The molecule has 0 bridgehead atoms. The summed E-state index contributed by atoms with van der Waals surface area (Å²) >= 11 is 1.80. The van der Waals surface area contributed by atoms with Crippen LogP contribution < -0.4 is 9.80 Å². The standard InChI is InChI=1S/C22H24N2O2S/c1-15-7-5-9-18(16(15)2)24-14-17(13-21(24)25)22(26)23-11-6-12-27-20-10-4-3-8-19(20)23/h3-5,7-10,17H,6,11-14H2,1-2H3/t17-/m0/s1. The van der Waals surface area contributed by atoms with Gasteiger partial charge in [-0.3, -0.25) is 9.59 Å². The van der Waals surface area contributed by atoms with E-state index in [0.717, 1.165) is 46.1 Å². The van der Waals surface area contributed by atoms with Crippen molar-refractivity contribution in [2.75, 3.05) is 28.6 Å². The van der Waals surface area contributed by atoms with Gasteiger partial charge in [0, 0.05) is 30.1 Å². The summed E-state index contributed by atoms with van der Waals surface area (Å²) in [5, 5.41) is 0. The molecule has 0 saturated carbocycles. The number of benzene rings is 2. The van der Waals surface area contributed by atoms with Gasteiger partial charge in [0.05, 0.1) is 11.6 Å². The van der Waals surface area contributed by atoms with E-state index in [4.69, 9.17) is 0 Å². The number of anilines is 2. The summed E-state index contributed by atoms with van der Waals surface area (Å²) in [7, 11) is 0. The molecule has 2 aliphatic rings. The van der Waals surface area contributed by atoms with Crippen molar-refractivity contribution in [2.45, 2.75) is 31.6 Å². The molecule has 2 aliphatic heterocycles. The van der Waals surface area contributed by atoms with Crippen molar-refractivity contribution >= 4 is 35.0 Å². The summed E-state index contributed by atoms with van der Waals surface area (Å²) in [6.07, 6.45) is 1.25. The van der Waals surface area contributed by atoms with Crippen molar-refractivity contribution in [1.82, 2.24) is 0 Å². The maximum absolute atomic E-state index is 13.3. The number of hydrogen-bond donors (Lipinski definition) is 0. The monoisotopic (exact) mass is 380 g/mol. The molecule has 2 amide bonds. The van der Waals surface area contributed by atoms with Crippen LogP contribution in [0.25, 0.3) is 0 Å². The van der Waals surface area contributed by atoms with E-state index in [9.17, 15) is 9.59 Å². The van der Waals surface area contributed by atoms with E-state index in [2.05, 4.69) is 6.07 Å². The summed E-state index contributed by atoms with van der Waals surface area (Å²) in [5.74, 6) is 0.845. The highest BCUT2D eigenvalue weighted by Crippen LogP contribution is 2.36. The normalized spacial score (nSPS) is 19.8. The van der Waals surface area contributed by atoms with Gasteiger partial charge in [0.25, 0.3) is 0 Å². The van der Waals surface area contributed by atoms with Crippen LogP contribution in [0.3, 0.4) is 0 Å². The van der Waals surface area contributed by atoms with Crippen LogP contribution in [-0.4, -0.2) is 30.7 Å². The fourth-order valence-corrected chi connectivity index (χ4v) is 4.90. The summed E-state index contributed by atoms with van der Waals surface area (Å²) < 4.78 is 0. The molecule has 4 rings (SSSR count). The van der Waals surface area contributed by atoms with E-state index in [1.165, 1.54) is 0 Å². The number of aryl methyl sites for hydroxylation is 1. The topological polar surface area (TPSA) is 40.6 Å². The third kappa shape index (κ3) is 3.36. The molecule has 0 aliphatic carbocycles. The minimum absolute atomic E-state index is 0.0412. The van der Waals surface area contributed by atoms with E-state index < -0.39 is 0 Å². The van der Waals surface area contributed by atoms with Crippen LogP contribution in [0, 0.1) is 19.8 Å². The first-order chi connectivity index (χ1) is 13.1. The number of amides is 2. The first-order valence-electron chi connectivity index (χ1n) is 9.46. The zero-order chi connectivity index (χ0) is 19.0. The van der Waals surface area contributed by atoms with Gasteiger partial charge in [0.1, 0.15) is 0 Å². The number of rotatable bonds is 2. The van der Waals surface area contributed by atoms with Gasteiger partial charge >= 0.3 is 0 Å². The fraction of sp³-hybridized carbons (Fsp3) is 0.364. The second-order valence-electron chi connectivity index (χ2n) is 7.28. The molecular formula is C22H24N2O2S. The lowest BCUT2D eigenvalue weighted by atomic mass is 10.1. The Kier molecular flexibility index (Phi) is 4.96. The number of carbonyl (C=O) groups is 2. The van der Waals surface area contributed by atoms with Crippen LogP contribution in [0.5, 0.6) is 0 Å². The van der Waals surface area contributed by atoms with Crippen molar-refractivity contribution < 1.29 is 9.59 Å². The zero-order valence-corrected chi connectivity index (χ0v) is 16.6. The van der Waals surface area contributed by atoms with Gasteiger partial charge in [-0.2, -0.15) is 0 Å². The van der Waals surface area contributed by atoms with Gasteiger partial charge < -0.3 is 9.80 Å². The molecule has 1 saturated heterocycles. The van der Waals surface area contributed by atoms with Crippen molar-refractivity contribution in [3.63, 3.8) is 0 Å². The van der Waals surface area contributed by atoms with E-state index in [-0.39, 0.29) is 24.2 Å². The van der Waals surface area contributed by atoms with Crippen LogP contribution in [0.2, 0.25) is 0 Å². The van der Waals surface area contributed by atoms with Crippen molar-refractivity contribution in [3.8, 4) is 0 Å². The number of thioether (sulfide) groups is 1. The second kappa shape index (κ2) is 7.39. The largest absolute Gasteiger partial charge is 0.311 e. The van der Waals surface area contributed by atoms with Gasteiger partial charge in [0.2, 0.25) is 11.8 Å². The maximum Gasteiger partial charge on any atom is 0.232 e. The Morgan fingerprint density at radius 3 is 2.70 bits per heavy atom. The third-order valence-electron chi connectivity index (χ3n) is 5.55. The number of para-hydroxylation sites is 1. The molecule has 1 fully saturated rings. The van der Waals surface area contributed by atoms with Crippen molar-refractivity contribution in [3.05, 3.63) is 53.6 Å². The van der Waals surface area contributed by atoms with Gasteiger partial charge in [0.15, 0.2) is 0 Å². The molecule has 1 atom stereocenters. The Morgan fingerprint density at radius 1 is 1.07 bits per heavy atom. The average Bonchev–Trinajstić information content (AvgIpc) is 2.92.